The van der Waals surface area contributed by atoms with Gasteiger partial charge in [0.1, 0.15) is 10.8 Å². The lowest BCUT2D eigenvalue weighted by Crippen LogP contribution is -2.39. The fraction of sp³-hybridized carbons (Fsp3) is 0.455. The molecule has 4 unspecified atom stereocenters. The first-order valence-electron chi connectivity index (χ1n) is 9.71. The highest BCUT2D eigenvalue weighted by Crippen LogP contribution is 2.49. The van der Waals surface area contributed by atoms with Gasteiger partial charge in [0.2, 0.25) is 5.91 Å². The van der Waals surface area contributed by atoms with Crippen LogP contribution in [0.1, 0.15) is 38.3 Å². The molecular formula is C22H26N2O2S. The van der Waals surface area contributed by atoms with E-state index in [-0.39, 0.29) is 11.9 Å². The monoisotopic (exact) mass is 382 g/mol. The smallest absolute Gasteiger partial charge is 0.244 e. The molecule has 5 heteroatoms. The maximum atomic E-state index is 12.3. The maximum Gasteiger partial charge on any atom is 0.244 e. The molecule has 4 rings (SSSR count). The number of fused-ring (bicyclic) bond motifs is 2. The summed E-state index contributed by atoms with van der Waals surface area (Å²) < 4.78 is 5.19. The molecule has 0 radical (unpaired) electrons. The molecule has 0 spiro atoms. The summed E-state index contributed by atoms with van der Waals surface area (Å²) in [5.74, 6) is 3.18. The van der Waals surface area contributed by atoms with Crippen molar-refractivity contribution < 1.29 is 9.53 Å². The van der Waals surface area contributed by atoms with E-state index in [9.17, 15) is 4.79 Å². The van der Waals surface area contributed by atoms with Crippen LogP contribution in [-0.2, 0) is 4.79 Å². The molecular weight excluding hydrogens is 356 g/mol. The van der Waals surface area contributed by atoms with E-state index in [4.69, 9.17) is 4.74 Å². The molecule has 2 aromatic rings. The Labute approximate surface area is 164 Å². The van der Waals surface area contributed by atoms with E-state index in [0.717, 1.165) is 33.9 Å². The van der Waals surface area contributed by atoms with Crippen LogP contribution in [0.25, 0.3) is 16.6 Å². The number of rotatable bonds is 6. The van der Waals surface area contributed by atoms with Gasteiger partial charge in [0, 0.05) is 23.1 Å². The van der Waals surface area contributed by atoms with E-state index >= 15 is 0 Å². The van der Waals surface area contributed by atoms with Crippen molar-refractivity contribution in [3.8, 4) is 16.3 Å². The Balaban J connectivity index is 1.33. The van der Waals surface area contributed by atoms with Gasteiger partial charge in [0.15, 0.2) is 0 Å². The standard InChI is InChI=1S/C22H26N2O2S/c1-14(20-12-15-3-4-17(20)11-15)23-21(25)10-7-18-13-27-22(24-18)16-5-8-19(26-2)9-6-16/h5-10,13-15,17,20H,3-4,11-12H2,1-2H3,(H,23,25)/b10-7+. The van der Waals surface area contributed by atoms with E-state index in [1.165, 1.54) is 25.7 Å². The molecule has 2 aliphatic carbocycles. The largest absolute Gasteiger partial charge is 0.497 e. The van der Waals surface area contributed by atoms with Crippen LogP contribution in [0.15, 0.2) is 35.7 Å². The summed E-state index contributed by atoms with van der Waals surface area (Å²) >= 11 is 1.58. The number of nitrogens with one attached hydrogen (secondary N) is 1. The van der Waals surface area contributed by atoms with Crippen LogP contribution in [0.2, 0.25) is 0 Å². The molecule has 142 valence electrons. The zero-order valence-electron chi connectivity index (χ0n) is 15.9. The fourth-order valence-corrected chi connectivity index (χ4v) is 5.47. The summed E-state index contributed by atoms with van der Waals surface area (Å²) in [6.07, 6.45) is 8.80. The van der Waals surface area contributed by atoms with Crippen LogP contribution in [0, 0.1) is 17.8 Å². The third kappa shape index (κ3) is 4.08. The number of hydrogen-bond donors (Lipinski definition) is 1. The Morgan fingerprint density at radius 2 is 2.11 bits per heavy atom. The van der Waals surface area contributed by atoms with Crippen LogP contribution in [-0.4, -0.2) is 24.0 Å². The number of carbonyl (C=O) groups excluding carboxylic acids is 1. The van der Waals surface area contributed by atoms with Crippen molar-refractivity contribution >= 4 is 23.3 Å². The highest BCUT2D eigenvalue weighted by atomic mass is 32.1. The number of aromatic nitrogens is 1. The molecule has 2 saturated carbocycles. The van der Waals surface area contributed by atoms with Gasteiger partial charge in [-0.3, -0.25) is 4.79 Å². The molecule has 0 aliphatic heterocycles. The minimum Gasteiger partial charge on any atom is -0.497 e. The van der Waals surface area contributed by atoms with E-state index in [1.54, 1.807) is 30.6 Å². The average Bonchev–Trinajstić information content (AvgIpc) is 3.43. The molecule has 27 heavy (non-hydrogen) atoms. The summed E-state index contributed by atoms with van der Waals surface area (Å²) in [6, 6.07) is 8.10. The zero-order valence-corrected chi connectivity index (χ0v) is 16.7. The fourth-order valence-electron chi connectivity index (χ4n) is 4.68. The van der Waals surface area contributed by atoms with Crippen molar-refractivity contribution in [2.24, 2.45) is 17.8 Å². The number of thiazole rings is 1. The predicted octanol–water partition coefficient (Wildman–Crippen LogP) is 4.77. The summed E-state index contributed by atoms with van der Waals surface area (Å²) in [6.45, 7) is 2.15. The molecule has 1 N–H and O–H groups in total. The van der Waals surface area contributed by atoms with Gasteiger partial charge in [-0.1, -0.05) is 6.42 Å². The number of ether oxygens (including phenoxy) is 1. The lowest BCUT2D eigenvalue weighted by atomic mass is 9.84. The molecule has 2 fully saturated rings. The van der Waals surface area contributed by atoms with Gasteiger partial charge in [-0.25, -0.2) is 4.98 Å². The molecule has 1 amide bonds. The van der Waals surface area contributed by atoms with E-state index in [1.807, 2.05) is 29.6 Å². The third-order valence-electron chi connectivity index (χ3n) is 6.07. The average molecular weight is 383 g/mol. The summed E-state index contributed by atoms with van der Waals surface area (Å²) in [5.41, 5.74) is 1.86. The lowest BCUT2D eigenvalue weighted by molar-refractivity contribution is -0.117. The molecule has 4 nitrogen and oxygen atoms in total. The molecule has 1 heterocycles. The van der Waals surface area contributed by atoms with Gasteiger partial charge in [-0.05, 0) is 74.3 Å². The van der Waals surface area contributed by atoms with Crippen LogP contribution < -0.4 is 10.1 Å². The number of methoxy groups -OCH3 is 1. The second kappa shape index (κ2) is 7.85. The van der Waals surface area contributed by atoms with Crippen molar-refractivity contribution in [2.45, 2.75) is 38.6 Å². The number of carbonyl (C=O) groups is 1. The highest BCUT2D eigenvalue weighted by Gasteiger charge is 2.41. The quantitative estimate of drug-likeness (QED) is 0.732. The van der Waals surface area contributed by atoms with E-state index < -0.39 is 0 Å². The minimum absolute atomic E-state index is 0.0238. The summed E-state index contributed by atoms with van der Waals surface area (Å²) in [5, 5.41) is 6.08. The Morgan fingerprint density at radius 3 is 2.78 bits per heavy atom. The molecule has 4 atom stereocenters. The number of hydrogen-bond acceptors (Lipinski definition) is 4. The first-order chi connectivity index (χ1) is 13.1. The Hall–Kier alpha value is -2.14. The maximum absolute atomic E-state index is 12.3. The normalized spacial score (nSPS) is 25.0. The topological polar surface area (TPSA) is 51.2 Å². The van der Waals surface area contributed by atoms with Crippen LogP contribution in [0.3, 0.4) is 0 Å². The van der Waals surface area contributed by atoms with Crippen molar-refractivity contribution in [1.29, 1.82) is 0 Å². The van der Waals surface area contributed by atoms with Gasteiger partial charge >= 0.3 is 0 Å². The van der Waals surface area contributed by atoms with Crippen LogP contribution >= 0.6 is 11.3 Å². The minimum atomic E-state index is -0.0238. The zero-order chi connectivity index (χ0) is 18.8. The Morgan fingerprint density at radius 1 is 1.30 bits per heavy atom. The summed E-state index contributed by atoms with van der Waals surface area (Å²) in [4.78, 5) is 16.9. The molecule has 2 aliphatic rings. The highest BCUT2D eigenvalue weighted by molar-refractivity contribution is 7.13. The number of benzene rings is 1. The Bertz CT molecular complexity index is 827. The lowest BCUT2D eigenvalue weighted by Gasteiger charge is -2.28. The van der Waals surface area contributed by atoms with Crippen LogP contribution in [0.5, 0.6) is 5.75 Å². The Kier molecular flexibility index (Phi) is 5.30. The van der Waals surface area contributed by atoms with Crippen molar-refractivity contribution in [2.75, 3.05) is 7.11 Å². The first-order valence-corrected chi connectivity index (χ1v) is 10.6. The molecule has 2 bridgehead atoms. The van der Waals surface area contributed by atoms with Crippen LogP contribution in [0.4, 0.5) is 0 Å². The summed E-state index contributed by atoms with van der Waals surface area (Å²) in [7, 11) is 1.66. The van der Waals surface area contributed by atoms with Crippen molar-refractivity contribution in [3.05, 3.63) is 41.4 Å². The second-order valence-electron chi connectivity index (χ2n) is 7.78. The second-order valence-corrected chi connectivity index (χ2v) is 8.63. The number of amides is 1. The molecule has 0 saturated heterocycles. The van der Waals surface area contributed by atoms with Gasteiger partial charge in [0.25, 0.3) is 0 Å². The first kappa shape index (κ1) is 18.2. The van der Waals surface area contributed by atoms with Gasteiger partial charge < -0.3 is 10.1 Å². The van der Waals surface area contributed by atoms with Gasteiger partial charge in [0.05, 0.1) is 12.8 Å². The third-order valence-corrected chi connectivity index (χ3v) is 6.98. The predicted molar refractivity (Wildman–Crippen MR) is 110 cm³/mol. The van der Waals surface area contributed by atoms with Crippen molar-refractivity contribution in [1.82, 2.24) is 10.3 Å². The van der Waals surface area contributed by atoms with E-state index in [0.29, 0.717) is 5.92 Å². The van der Waals surface area contributed by atoms with Gasteiger partial charge in [-0.15, -0.1) is 11.3 Å². The van der Waals surface area contributed by atoms with Gasteiger partial charge in [-0.2, -0.15) is 0 Å². The SMILES string of the molecule is COc1ccc(-c2nc(/C=C/C(=O)NC(C)C3CC4CCC3C4)cs2)cc1. The number of nitrogens with zero attached hydrogens (tertiary/aromatic N) is 1. The van der Waals surface area contributed by atoms with Crippen molar-refractivity contribution in [3.63, 3.8) is 0 Å². The molecule has 1 aromatic heterocycles. The molecule has 1 aromatic carbocycles. The van der Waals surface area contributed by atoms with E-state index in [2.05, 4.69) is 17.2 Å².